The Hall–Kier alpha value is -1.10. The zero-order chi connectivity index (χ0) is 9.54. The highest BCUT2D eigenvalue weighted by Crippen LogP contribution is 2.38. The maximum absolute atomic E-state index is 5.45. The molecule has 0 aromatic carbocycles. The van der Waals surface area contributed by atoms with Crippen molar-refractivity contribution in [1.82, 2.24) is 15.0 Å². The Morgan fingerprint density at radius 3 is 3.07 bits per heavy atom. The number of rotatable bonds is 1. The third-order valence-corrected chi connectivity index (χ3v) is 3.35. The van der Waals surface area contributed by atoms with E-state index in [9.17, 15) is 0 Å². The highest BCUT2D eigenvalue weighted by Gasteiger charge is 2.36. The molecule has 2 N–H and O–H groups in total. The van der Waals surface area contributed by atoms with E-state index in [1.54, 1.807) is 0 Å². The number of nitrogens with two attached hydrogens (primary N) is 1. The number of piperidine rings is 1. The normalized spacial score (nSPS) is 36.1. The van der Waals surface area contributed by atoms with Crippen LogP contribution in [-0.2, 0) is 0 Å². The van der Waals surface area contributed by atoms with Gasteiger partial charge in [-0.05, 0) is 36.9 Å². The molecule has 2 fully saturated rings. The molecule has 2 aliphatic rings. The van der Waals surface area contributed by atoms with Crippen LogP contribution in [0.2, 0.25) is 0 Å². The second-order valence-electron chi connectivity index (χ2n) is 4.23. The van der Waals surface area contributed by atoms with Crippen LogP contribution >= 0.6 is 0 Å². The third kappa shape index (κ3) is 1.19. The Morgan fingerprint density at radius 2 is 2.29 bits per heavy atom. The number of hydrogen-bond acceptors (Lipinski definition) is 5. The molecule has 3 heterocycles. The highest BCUT2D eigenvalue weighted by molar-refractivity contribution is 5.12. The lowest BCUT2D eigenvalue weighted by Crippen LogP contribution is -2.30. The van der Waals surface area contributed by atoms with Gasteiger partial charge in [-0.2, -0.15) is 4.98 Å². The molecule has 14 heavy (non-hydrogen) atoms. The molecule has 1 aromatic rings. The van der Waals surface area contributed by atoms with Crippen LogP contribution in [0.3, 0.4) is 0 Å². The molecule has 3 atom stereocenters. The summed E-state index contributed by atoms with van der Waals surface area (Å²) >= 11 is 0. The summed E-state index contributed by atoms with van der Waals surface area (Å²) in [5, 5.41) is 3.64. The quantitative estimate of drug-likeness (QED) is 0.716. The fraction of sp³-hybridized carbons (Fsp3) is 0.778. The maximum Gasteiger partial charge on any atom is 0.260 e. The molecule has 0 amide bonds. The third-order valence-electron chi connectivity index (χ3n) is 3.35. The predicted octanol–water partition coefficient (Wildman–Crippen LogP) is 0.809. The lowest BCUT2D eigenvalue weighted by Gasteiger charge is -2.29. The zero-order valence-corrected chi connectivity index (χ0v) is 8.02. The van der Waals surface area contributed by atoms with Crippen LogP contribution in [-0.4, -0.2) is 28.1 Å². The molecular weight excluding hydrogens is 180 g/mol. The summed E-state index contributed by atoms with van der Waals surface area (Å²) in [6.45, 7) is 2.35. The minimum Gasteiger partial charge on any atom is -0.365 e. The summed E-state index contributed by atoms with van der Waals surface area (Å²) in [6, 6.07) is 0.318. The van der Waals surface area contributed by atoms with E-state index in [2.05, 4.69) is 15.0 Å². The number of anilines is 1. The maximum atomic E-state index is 5.45. The molecule has 0 aliphatic carbocycles. The second-order valence-corrected chi connectivity index (χ2v) is 4.23. The molecule has 5 nitrogen and oxygen atoms in total. The summed E-state index contributed by atoms with van der Waals surface area (Å²) < 4.78 is 5.13. The molecular formula is C9H14N4O. The standard InChI is InChI=1S/C9H14N4O/c10-9-11-8(14-12-9)7-2-1-6-3-4-13(7)5-6/h6-7H,1-5H2,(H2,10,12). The molecule has 0 spiro atoms. The number of hydrogen-bond donors (Lipinski definition) is 1. The molecule has 1 aromatic heterocycles. The van der Waals surface area contributed by atoms with Crippen molar-refractivity contribution in [3.8, 4) is 0 Å². The van der Waals surface area contributed by atoms with Crippen LogP contribution in [0, 0.1) is 5.92 Å². The zero-order valence-electron chi connectivity index (χ0n) is 8.02. The van der Waals surface area contributed by atoms with Crippen molar-refractivity contribution in [1.29, 1.82) is 0 Å². The van der Waals surface area contributed by atoms with Gasteiger partial charge in [0.25, 0.3) is 5.95 Å². The fourth-order valence-corrected chi connectivity index (χ4v) is 2.62. The van der Waals surface area contributed by atoms with Gasteiger partial charge in [0.05, 0.1) is 6.04 Å². The Bertz CT molecular complexity index is 337. The van der Waals surface area contributed by atoms with E-state index < -0.39 is 0 Å². The van der Waals surface area contributed by atoms with Gasteiger partial charge >= 0.3 is 0 Å². The average molecular weight is 194 g/mol. The summed E-state index contributed by atoms with van der Waals surface area (Å²) in [4.78, 5) is 6.54. The van der Waals surface area contributed by atoms with Gasteiger partial charge < -0.3 is 10.3 Å². The number of nitrogens with zero attached hydrogens (tertiary/aromatic N) is 3. The first kappa shape index (κ1) is 8.23. The second kappa shape index (κ2) is 2.95. The van der Waals surface area contributed by atoms with E-state index in [0.717, 1.165) is 18.9 Å². The van der Waals surface area contributed by atoms with Crippen LogP contribution in [0.15, 0.2) is 4.52 Å². The van der Waals surface area contributed by atoms with Crippen molar-refractivity contribution in [2.75, 3.05) is 18.8 Å². The first-order chi connectivity index (χ1) is 6.83. The van der Waals surface area contributed by atoms with Crippen molar-refractivity contribution in [3.63, 3.8) is 0 Å². The van der Waals surface area contributed by atoms with Gasteiger partial charge in [0.1, 0.15) is 0 Å². The van der Waals surface area contributed by atoms with Gasteiger partial charge in [0.2, 0.25) is 5.89 Å². The van der Waals surface area contributed by atoms with Crippen molar-refractivity contribution < 1.29 is 4.52 Å². The fourth-order valence-electron chi connectivity index (χ4n) is 2.62. The summed E-state index contributed by atoms with van der Waals surface area (Å²) in [7, 11) is 0. The highest BCUT2D eigenvalue weighted by atomic mass is 16.5. The van der Waals surface area contributed by atoms with Crippen LogP contribution in [0.25, 0.3) is 0 Å². The first-order valence-electron chi connectivity index (χ1n) is 5.16. The minimum absolute atomic E-state index is 0.251. The lowest BCUT2D eigenvalue weighted by molar-refractivity contribution is 0.146. The van der Waals surface area contributed by atoms with Crippen LogP contribution in [0.1, 0.15) is 31.2 Å². The predicted molar refractivity (Wildman–Crippen MR) is 50.4 cm³/mol. The molecule has 0 radical (unpaired) electrons. The molecule has 3 unspecified atom stereocenters. The van der Waals surface area contributed by atoms with Crippen LogP contribution < -0.4 is 5.73 Å². The van der Waals surface area contributed by atoms with Crippen molar-refractivity contribution in [3.05, 3.63) is 5.89 Å². The Labute approximate surface area is 82.3 Å². The smallest absolute Gasteiger partial charge is 0.260 e. The van der Waals surface area contributed by atoms with E-state index in [-0.39, 0.29) is 5.95 Å². The summed E-state index contributed by atoms with van der Waals surface area (Å²) in [6.07, 6.45) is 3.73. The van der Waals surface area contributed by atoms with Gasteiger partial charge in [-0.1, -0.05) is 0 Å². The topological polar surface area (TPSA) is 68.2 Å². The number of aromatic nitrogens is 2. The SMILES string of the molecule is Nc1noc(C2CCC3CCN2C3)n1. The van der Waals surface area contributed by atoms with Crippen molar-refractivity contribution in [2.45, 2.75) is 25.3 Å². The summed E-state index contributed by atoms with van der Waals surface area (Å²) in [5.41, 5.74) is 5.45. The summed E-state index contributed by atoms with van der Waals surface area (Å²) in [5.74, 6) is 1.84. The van der Waals surface area contributed by atoms with Gasteiger partial charge in [0.15, 0.2) is 0 Å². The minimum atomic E-state index is 0.251. The average Bonchev–Trinajstić information content (AvgIpc) is 2.75. The van der Waals surface area contributed by atoms with Crippen LogP contribution in [0.4, 0.5) is 5.95 Å². The Kier molecular flexibility index (Phi) is 1.73. The molecule has 0 saturated carbocycles. The molecule has 3 rings (SSSR count). The van der Waals surface area contributed by atoms with E-state index in [4.69, 9.17) is 10.3 Å². The Balaban J connectivity index is 1.84. The van der Waals surface area contributed by atoms with Gasteiger partial charge in [-0.15, -0.1) is 0 Å². The van der Waals surface area contributed by atoms with Crippen LogP contribution in [0.5, 0.6) is 0 Å². The van der Waals surface area contributed by atoms with Gasteiger partial charge in [-0.3, -0.25) is 4.90 Å². The van der Waals surface area contributed by atoms with E-state index in [0.29, 0.717) is 11.9 Å². The van der Waals surface area contributed by atoms with Gasteiger partial charge in [-0.25, -0.2) is 0 Å². The monoisotopic (exact) mass is 194 g/mol. The lowest BCUT2D eigenvalue weighted by atomic mass is 9.96. The molecule has 5 heteroatoms. The number of nitrogen functional groups attached to an aromatic ring is 1. The molecule has 2 saturated heterocycles. The van der Waals surface area contributed by atoms with Gasteiger partial charge in [0, 0.05) is 6.54 Å². The van der Waals surface area contributed by atoms with E-state index in [1.165, 1.54) is 19.4 Å². The van der Waals surface area contributed by atoms with E-state index in [1.807, 2.05) is 0 Å². The Morgan fingerprint density at radius 1 is 1.36 bits per heavy atom. The van der Waals surface area contributed by atoms with E-state index >= 15 is 0 Å². The number of fused-ring (bicyclic) bond motifs is 2. The first-order valence-corrected chi connectivity index (χ1v) is 5.16. The molecule has 2 aliphatic heterocycles. The largest absolute Gasteiger partial charge is 0.365 e. The molecule has 76 valence electrons. The van der Waals surface area contributed by atoms with Crippen molar-refractivity contribution in [2.24, 2.45) is 5.92 Å². The molecule has 2 bridgehead atoms. The van der Waals surface area contributed by atoms with Crippen molar-refractivity contribution >= 4 is 5.95 Å².